The van der Waals surface area contributed by atoms with E-state index in [0.29, 0.717) is 32.7 Å². The maximum absolute atomic E-state index is 12.2. The lowest BCUT2D eigenvalue weighted by atomic mass is 10.2. The molecule has 1 aromatic carbocycles. The lowest BCUT2D eigenvalue weighted by molar-refractivity contribution is -0.118. The number of rotatable bonds is 5. The third kappa shape index (κ3) is 3.24. The van der Waals surface area contributed by atoms with Gasteiger partial charge in [0.15, 0.2) is 0 Å². The third-order valence-electron chi connectivity index (χ3n) is 3.13. The highest BCUT2D eigenvalue weighted by Gasteiger charge is 2.23. The predicted octanol–water partition coefficient (Wildman–Crippen LogP) is 1.88. The molecule has 1 fully saturated rings. The van der Waals surface area contributed by atoms with E-state index in [2.05, 4.69) is 0 Å². The highest BCUT2D eigenvalue weighted by Crippen LogP contribution is 2.14. The van der Waals surface area contributed by atoms with Crippen molar-refractivity contribution in [3.63, 3.8) is 0 Å². The van der Waals surface area contributed by atoms with Gasteiger partial charge in [-0.1, -0.05) is 18.2 Å². The first-order valence-electron chi connectivity index (χ1n) is 6.49. The summed E-state index contributed by atoms with van der Waals surface area (Å²) < 4.78 is 4.83. The number of ether oxygens (including phenoxy) is 1. The second-order valence-corrected chi connectivity index (χ2v) is 4.32. The molecule has 0 saturated carbocycles. The molecule has 0 unspecified atom stereocenters. The highest BCUT2D eigenvalue weighted by atomic mass is 16.6. The van der Waals surface area contributed by atoms with Gasteiger partial charge in [-0.3, -0.25) is 4.79 Å². The van der Waals surface area contributed by atoms with Gasteiger partial charge in [-0.15, -0.1) is 0 Å². The normalized spacial score (nSPS) is 14.4. The van der Waals surface area contributed by atoms with Crippen LogP contribution in [0.3, 0.4) is 0 Å². The first-order valence-corrected chi connectivity index (χ1v) is 6.49. The average molecular weight is 262 g/mol. The van der Waals surface area contributed by atoms with Crippen LogP contribution >= 0.6 is 0 Å². The van der Waals surface area contributed by atoms with Gasteiger partial charge >= 0.3 is 6.09 Å². The van der Waals surface area contributed by atoms with Gasteiger partial charge < -0.3 is 14.5 Å². The molecule has 0 radical (unpaired) electrons. The molecule has 0 aliphatic carbocycles. The van der Waals surface area contributed by atoms with Crippen LogP contribution in [0.1, 0.15) is 13.3 Å². The first-order chi connectivity index (χ1) is 9.22. The number of hydrogen-bond donors (Lipinski definition) is 0. The van der Waals surface area contributed by atoms with E-state index in [1.807, 2.05) is 37.3 Å². The quantitative estimate of drug-likeness (QED) is 0.814. The van der Waals surface area contributed by atoms with Gasteiger partial charge in [0, 0.05) is 25.2 Å². The van der Waals surface area contributed by atoms with Crippen molar-refractivity contribution >= 4 is 17.7 Å². The number of nitrogens with zero attached hydrogens (tertiary/aromatic N) is 2. The maximum atomic E-state index is 12.2. The molecule has 2 rings (SSSR count). The molecule has 0 atom stereocenters. The van der Waals surface area contributed by atoms with Crippen LogP contribution in [-0.2, 0) is 9.53 Å². The average Bonchev–Trinajstić information content (AvgIpc) is 2.84. The van der Waals surface area contributed by atoms with Crippen LogP contribution < -0.4 is 4.90 Å². The van der Waals surface area contributed by atoms with Gasteiger partial charge in [0.25, 0.3) is 0 Å². The molecule has 0 bridgehead atoms. The van der Waals surface area contributed by atoms with E-state index in [-0.39, 0.29) is 12.0 Å². The number of hydrogen-bond acceptors (Lipinski definition) is 3. The van der Waals surface area contributed by atoms with Gasteiger partial charge in [-0.2, -0.15) is 0 Å². The number of para-hydroxylation sites is 1. The molecule has 0 spiro atoms. The summed E-state index contributed by atoms with van der Waals surface area (Å²) in [4.78, 5) is 26.8. The largest absolute Gasteiger partial charge is 0.448 e. The molecule has 1 aliphatic heterocycles. The third-order valence-corrected chi connectivity index (χ3v) is 3.13. The fourth-order valence-electron chi connectivity index (χ4n) is 2.11. The Morgan fingerprint density at radius 2 is 2.11 bits per heavy atom. The Morgan fingerprint density at radius 1 is 1.37 bits per heavy atom. The van der Waals surface area contributed by atoms with Crippen molar-refractivity contribution in [2.24, 2.45) is 0 Å². The lowest BCUT2D eigenvalue weighted by Crippen LogP contribution is -2.34. The van der Waals surface area contributed by atoms with Crippen LogP contribution in [0.2, 0.25) is 0 Å². The Hall–Kier alpha value is -2.04. The van der Waals surface area contributed by atoms with E-state index in [1.165, 1.54) is 0 Å². The summed E-state index contributed by atoms with van der Waals surface area (Å²) in [6.07, 6.45) is -0.00626. The van der Waals surface area contributed by atoms with Crippen molar-refractivity contribution in [2.75, 3.05) is 31.1 Å². The summed E-state index contributed by atoms with van der Waals surface area (Å²) >= 11 is 0. The zero-order valence-corrected chi connectivity index (χ0v) is 11.0. The zero-order valence-electron chi connectivity index (χ0n) is 11.0. The van der Waals surface area contributed by atoms with Crippen molar-refractivity contribution in [1.82, 2.24) is 4.90 Å². The summed E-state index contributed by atoms with van der Waals surface area (Å²) in [7, 11) is 0. The van der Waals surface area contributed by atoms with Gasteiger partial charge in [0.1, 0.15) is 6.61 Å². The summed E-state index contributed by atoms with van der Waals surface area (Å²) in [6.45, 7) is 3.97. The van der Waals surface area contributed by atoms with Crippen LogP contribution in [0.25, 0.3) is 0 Å². The minimum Gasteiger partial charge on any atom is -0.448 e. The minimum absolute atomic E-state index is 0.0217. The van der Waals surface area contributed by atoms with E-state index in [9.17, 15) is 9.59 Å². The van der Waals surface area contributed by atoms with Crippen molar-refractivity contribution in [3.05, 3.63) is 30.3 Å². The molecular weight excluding hydrogens is 244 g/mol. The molecule has 2 amide bonds. The van der Waals surface area contributed by atoms with Gasteiger partial charge in [0.05, 0.1) is 6.54 Å². The summed E-state index contributed by atoms with van der Waals surface area (Å²) in [6, 6.07) is 9.55. The Kier molecular flexibility index (Phi) is 4.39. The topological polar surface area (TPSA) is 49.9 Å². The maximum Gasteiger partial charge on any atom is 0.409 e. The van der Waals surface area contributed by atoms with Gasteiger partial charge in [0.2, 0.25) is 5.91 Å². The molecule has 19 heavy (non-hydrogen) atoms. The van der Waals surface area contributed by atoms with Crippen LogP contribution in [-0.4, -0.2) is 43.1 Å². The van der Waals surface area contributed by atoms with Crippen LogP contribution in [0.4, 0.5) is 10.5 Å². The van der Waals surface area contributed by atoms with Gasteiger partial charge in [-0.05, 0) is 19.1 Å². The number of cyclic esters (lactones) is 1. The Bertz CT molecular complexity index is 447. The number of benzene rings is 1. The molecule has 5 heteroatoms. The molecule has 0 N–H and O–H groups in total. The molecular formula is C14H18N2O3. The number of anilines is 1. The van der Waals surface area contributed by atoms with Gasteiger partial charge in [-0.25, -0.2) is 4.79 Å². The molecule has 1 aliphatic rings. The second kappa shape index (κ2) is 6.22. The molecule has 1 heterocycles. The minimum atomic E-state index is -0.324. The molecule has 102 valence electrons. The lowest BCUT2D eigenvalue weighted by Gasteiger charge is -2.22. The SMILES string of the molecule is CCN(C(=O)CCN1CCOC1=O)c1ccccc1. The molecule has 1 aromatic rings. The highest BCUT2D eigenvalue weighted by molar-refractivity contribution is 5.93. The smallest absolute Gasteiger partial charge is 0.409 e. The van der Waals surface area contributed by atoms with E-state index < -0.39 is 0 Å². The number of carbonyl (C=O) groups is 2. The molecule has 0 aromatic heterocycles. The molecule has 5 nitrogen and oxygen atoms in total. The van der Waals surface area contributed by atoms with Crippen LogP contribution in [0, 0.1) is 0 Å². The van der Waals surface area contributed by atoms with Crippen molar-refractivity contribution in [1.29, 1.82) is 0 Å². The van der Waals surface area contributed by atoms with E-state index >= 15 is 0 Å². The first kappa shape index (κ1) is 13.4. The number of carbonyl (C=O) groups excluding carboxylic acids is 2. The summed E-state index contributed by atoms with van der Waals surface area (Å²) in [5.41, 5.74) is 0.888. The number of amides is 2. The van der Waals surface area contributed by atoms with Crippen molar-refractivity contribution < 1.29 is 14.3 Å². The zero-order chi connectivity index (χ0) is 13.7. The monoisotopic (exact) mass is 262 g/mol. The summed E-state index contributed by atoms with van der Waals surface area (Å²) in [5.74, 6) is 0.0217. The molecule has 1 saturated heterocycles. The Balaban J connectivity index is 1.92. The van der Waals surface area contributed by atoms with E-state index in [1.54, 1.807) is 9.80 Å². The van der Waals surface area contributed by atoms with Crippen LogP contribution in [0.15, 0.2) is 30.3 Å². The van der Waals surface area contributed by atoms with Crippen LogP contribution in [0.5, 0.6) is 0 Å². The van der Waals surface area contributed by atoms with E-state index in [4.69, 9.17) is 4.74 Å². The fraction of sp³-hybridized carbons (Fsp3) is 0.429. The predicted molar refractivity (Wildman–Crippen MR) is 72.0 cm³/mol. The van der Waals surface area contributed by atoms with Crippen molar-refractivity contribution in [2.45, 2.75) is 13.3 Å². The van der Waals surface area contributed by atoms with E-state index in [0.717, 1.165) is 5.69 Å². The second-order valence-electron chi connectivity index (χ2n) is 4.32. The Labute approximate surface area is 112 Å². The fourth-order valence-corrected chi connectivity index (χ4v) is 2.11. The summed E-state index contributed by atoms with van der Waals surface area (Å²) in [5, 5.41) is 0. The van der Waals surface area contributed by atoms with Crippen molar-refractivity contribution in [3.8, 4) is 0 Å². The Morgan fingerprint density at radius 3 is 2.68 bits per heavy atom. The standard InChI is InChI=1S/C14H18N2O3/c1-2-16(12-6-4-3-5-7-12)13(17)8-9-15-10-11-19-14(15)18/h3-7H,2,8-11H2,1H3.